The fourth-order valence-corrected chi connectivity index (χ4v) is 2.95. The summed E-state index contributed by atoms with van der Waals surface area (Å²) in [5.74, 6) is -2.06. The molecule has 2 aliphatic rings. The molecule has 114 valence electrons. The zero-order chi connectivity index (χ0) is 14.8. The molecule has 5 heteroatoms. The minimum Gasteiger partial charge on any atom is -0.334 e. The first-order valence-corrected chi connectivity index (χ1v) is 7.65. The molecule has 1 aromatic carbocycles. The van der Waals surface area contributed by atoms with E-state index >= 15 is 0 Å². The third-order valence-electron chi connectivity index (χ3n) is 4.25. The number of halogens is 2. The maximum absolute atomic E-state index is 13.8. The van der Waals surface area contributed by atoms with E-state index in [0.717, 1.165) is 50.8 Å². The molecule has 1 aliphatic heterocycles. The quantitative estimate of drug-likeness (QED) is 0.926. The molecule has 3 rings (SSSR count). The lowest BCUT2D eigenvalue weighted by molar-refractivity contribution is 0.0708. The van der Waals surface area contributed by atoms with Crippen LogP contribution in [0, 0.1) is 11.6 Å². The maximum atomic E-state index is 13.8. The van der Waals surface area contributed by atoms with Crippen LogP contribution in [0.2, 0.25) is 0 Å². The highest BCUT2D eigenvalue weighted by atomic mass is 19.1. The van der Waals surface area contributed by atoms with E-state index < -0.39 is 23.1 Å². The normalized spacial score (nSPS) is 22.1. The largest absolute Gasteiger partial charge is 0.334 e. The highest BCUT2D eigenvalue weighted by molar-refractivity contribution is 5.95. The van der Waals surface area contributed by atoms with Crippen molar-refractivity contribution in [3.05, 3.63) is 35.4 Å². The molecule has 1 amide bonds. The first kappa shape index (κ1) is 14.4. The number of hydrogen-bond donors (Lipinski definition) is 1. The second-order valence-electron chi connectivity index (χ2n) is 5.93. The van der Waals surface area contributed by atoms with Crippen molar-refractivity contribution in [2.24, 2.45) is 0 Å². The van der Waals surface area contributed by atoms with Crippen molar-refractivity contribution in [3.63, 3.8) is 0 Å². The Hall–Kier alpha value is -1.49. The standard InChI is InChI=1S/C16H20F2N2O/c17-13-5-3-6-14(18)15(13)16(21)20(12-7-8-12)10-11-4-1-2-9-19-11/h3,5-6,11-12,19H,1-2,4,7-10H2. The van der Waals surface area contributed by atoms with Crippen LogP contribution in [0.5, 0.6) is 0 Å². The predicted octanol–water partition coefficient (Wildman–Crippen LogP) is 2.71. The number of rotatable bonds is 4. The van der Waals surface area contributed by atoms with Gasteiger partial charge in [-0.1, -0.05) is 12.5 Å². The van der Waals surface area contributed by atoms with Crippen LogP contribution in [0.25, 0.3) is 0 Å². The molecular formula is C16H20F2N2O. The van der Waals surface area contributed by atoms with E-state index in [1.165, 1.54) is 6.07 Å². The van der Waals surface area contributed by atoms with Gasteiger partial charge in [-0.3, -0.25) is 4.79 Å². The van der Waals surface area contributed by atoms with Crippen LogP contribution in [0.15, 0.2) is 18.2 Å². The lowest BCUT2D eigenvalue weighted by atomic mass is 10.0. The molecule has 1 heterocycles. The van der Waals surface area contributed by atoms with Gasteiger partial charge in [0, 0.05) is 18.6 Å². The van der Waals surface area contributed by atoms with Gasteiger partial charge in [0.1, 0.15) is 17.2 Å². The smallest absolute Gasteiger partial charge is 0.260 e. The van der Waals surface area contributed by atoms with Crippen molar-refractivity contribution in [2.75, 3.05) is 13.1 Å². The zero-order valence-corrected chi connectivity index (χ0v) is 11.9. The SMILES string of the molecule is O=C(c1c(F)cccc1F)N(CC1CCCCN1)C1CC1. The van der Waals surface area contributed by atoms with E-state index in [4.69, 9.17) is 0 Å². The molecule has 1 saturated heterocycles. The third kappa shape index (κ3) is 3.23. The molecule has 1 unspecified atom stereocenters. The van der Waals surface area contributed by atoms with Gasteiger partial charge in [-0.05, 0) is 44.4 Å². The Balaban J connectivity index is 1.78. The van der Waals surface area contributed by atoms with Crippen LogP contribution in [0.3, 0.4) is 0 Å². The summed E-state index contributed by atoms with van der Waals surface area (Å²) in [6.45, 7) is 1.49. The molecule has 1 saturated carbocycles. The van der Waals surface area contributed by atoms with Crippen molar-refractivity contribution < 1.29 is 13.6 Å². The fourth-order valence-electron chi connectivity index (χ4n) is 2.95. The molecule has 1 N–H and O–H groups in total. The number of nitrogens with zero attached hydrogens (tertiary/aromatic N) is 1. The first-order valence-electron chi connectivity index (χ1n) is 7.65. The van der Waals surface area contributed by atoms with E-state index in [2.05, 4.69) is 5.32 Å². The van der Waals surface area contributed by atoms with Crippen molar-refractivity contribution in [1.82, 2.24) is 10.2 Å². The summed E-state index contributed by atoms with van der Waals surface area (Å²) in [6.07, 6.45) is 5.15. The summed E-state index contributed by atoms with van der Waals surface area (Å²) in [5, 5.41) is 3.39. The topological polar surface area (TPSA) is 32.3 Å². The fraction of sp³-hybridized carbons (Fsp3) is 0.562. The van der Waals surface area contributed by atoms with Crippen LogP contribution < -0.4 is 5.32 Å². The lowest BCUT2D eigenvalue weighted by Gasteiger charge is -2.31. The van der Waals surface area contributed by atoms with Crippen LogP contribution in [-0.2, 0) is 0 Å². The van der Waals surface area contributed by atoms with E-state index in [1.54, 1.807) is 4.90 Å². The molecule has 0 spiro atoms. The minimum absolute atomic E-state index is 0.139. The van der Waals surface area contributed by atoms with Gasteiger partial charge in [-0.2, -0.15) is 0 Å². The monoisotopic (exact) mass is 294 g/mol. The molecule has 2 fully saturated rings. The molecule has 21 heavy (non-hydrogen) atoms. The minimum atomic E-state index is -0.776. The summed E-state index contributed by atoms with van der Waals surface area (Å²) in [7, 11) is 0. The highest BCUT2D eigenvalue weighted by Crippen LogP contribution is 2.30. The summed E-state index contributed by atoms with van der Waals surface area (Å²) in [6, 6.07) is 3.94. The van der Waals surface area contributed by atoms with E-state index in [-0.39, 0.29) is 12.1 Å². The summed E-state index contributed by atoms with van der Waals surface area (Å²) >= 11 is 0. The van der Waals surface area contributed by atoms with Gasteiger partial charge in [0.05, 0.1) is 0 Å². The Morgan fingerprint density at radius 3 is 2.48 bits per heavy atom. The number of piperidine rings is 1. The molecule has 1 aromatic rings. The van der Waals surface area contributed by atoms with Gasteiger partial charge in [0.15, 0.2) is 0 Å². The van der Waals surface area contributed by atoms with Gasteiger partial charge in [0.25, 0.3) is 5.91 Å². The van der Waals surface area contributed by atoms with Crippen LogP contribution >= 0.6 is 0 Å². The molecule has 0 aromatic heterocycles. The van der Waals surface area contributed by atoms with Crippen LogP contribution in [0.4, 0.5) is 8.78 Å². The van der Waals surface area contributed by atoms with E-state index in [0.29, 0.717) is 6.54 Å². The van der Waals surface area contributed by atoms with Gasteiger partial charge in [-0.25, -0.2) is 8.78 Å². The van der Waals surface area contributed by atoms with Crippen molar-refractivity contribution in [2.45, 2.75) is 44.2 Å². The molecule has 3 nitrogen and oxygen atoms in total. The van der Waals surface area contributed by atoms with Gasteiger partial charge in [-0.15, -0.1) is 0 Å². The molecule has 0 radical (unpaired) electrons. The van der Waals surface area contributed by atoms with Crippen molar-refractivity contribution in [1.29, 1.82) is 0 Å². The Morgan fingerprint density at radius 1 is 1.19 bits per heavy atom. The van der Waals surface area contributed by atoms with Crippen molar-refractivity contribution >= 4 is 5.91 Å². The Labute approximate surface area is 123 Å². The molecular weight excluding hydrogens is 274 g/mol. The molecule has 1 aliphatic carbocycles. The first-order chi connectivity index (χ1) is 10.2. The second kappa shape index (κ2) is 6.10. The number of nitrogens with one attached hydrogen (secondary N) is 1. The Morgan fingerprint density at radius 2 is 1.90 bits per heavy atom. The number of carbonyl (C=O) groups is 1. The average molecular weight is 294 g/mol. The highest BCUT2D eigenvalue weighted by Gasteiger charge is 2.36. The molecule has 1 atom stereocenters. The summed E-state index contributed by atoms with van der Waals surface area (Å²) in [4.78, 5) is 14.2. The summed E-state index contributed by atoms with van der Waals surface area (Å²) in [5.41, 5.74) is -0.416. The van der Waals surface area contributed by atoms with E-state index in [1.807, 2.05) is 0 Å². The second-order valence-corrected chi connectivity index (χ2v) is 5.93. The Bertz CT molecular complexity index is 505. The Kier molecular flexibility index (Phi) is 4.19. The van der Waals surface area contributed by atoms with Crippen molar-refractivity contribution in [3.8, 4) is 0 Å². The lowest BCUT2D eigenvalue weighted by Crippen LogP contribution is -2.47. The zero-order valence-electron chi connectivity index (χ0n) is 11.9. The van der Waals surface area contributed by atoms with Crippen LogP contribution in [0.1, 0.15) is 42.5 Å². The maximum Gasteiger partial charge on any atom is 0.260 e. The number of hydrogen-bond acceptors (Lipinski definition) is 2. The van der Waals surface area contributed by atoms with Gasteiger partial charge in [0.2, 0.25) is 0 Å². The molecule has 0 bridgehead atoms. The van der Waals surface area contributed by atoms with Crippen LogP contribution in [-0.4, -0.2) is 36.0 Å². The van der Waals surface area contributed by atoms with E-state index in [9.17, 15) is 13.6 Å². The van der Waals surface area contributed by atoms with Gasteiger partial charge >= 0.3 is 0 Å². The summed E-state index contributed by atoms with van der Waals surface area (Å²) < 4.78 is 27.6. The average Bonchev–Trinajstić information content (AvgIpc) is 3.30. The predicted molar refractivity (Wildman–Crippen MR) is 76.1 cm³/mol. The number of carbonyl (C=O) groups excluding carboxylic acids is 1. The third-order valence-corrected chi connectivity index (χ3v) is 4.25. The number of benzene rings is 1. The van der Waals surface area contributed by atoms with Gasteiger partial charge < -0.3 is 10.2 Å². The number of amides is 1.